The molecule has 1 unspecified atom stereocenters. The van der Waals surface area contributed by atoms with E-state index in [0.717, 1.165) is 24.1 Å². The number of nitrogens with zero attached hydrogens (tertiary/aromatic N) is 1. The second-order valence-electron chi connectivity index (χ2n) is 5.07. The maximum absolute atomic E-state index is 9.27. The highest BCUT2D eigenvalue weighted by atomic mass is 35.5. The van der Waals surface area contributed by atoms with Crippen LogP contribution in [0, 0.1) is 0 Å². The van der Waals surface area contributed by atoms with E-state index >= 15 is 0 Å². The number of aliphatic hydroxyl groups excluding tert-OH is 1. The molecule has 2 rings (SSSR count). The maximum atomic E-state index is 9.27. The van der Waals surface area contributed by atoms with Crippen molar-refractivity contribution in [3.05, 3.63) is 65.5 Å². The molecule has 0 aliphatic heterocycles. The number of aryl methyl sites for hydroxylation is 1. The zero-order valence-corrected chi connectivity index (χ0v) is 14.4. The first-order valence-corrected chi connectivity index (χ1v) is 7.10. The lowest BCUT2D eigenvalue weighted by atomic mass is 10.1. The van der Waals surface area contributed by atoms with Crippen LogP contribution in [0.4, 0.5) is 0 Å². The fourth-order valence-electron chi connectivity index (χ4n) is 2.18. The summed E-state index contributed by atoms with van der Waals surface area (Å²) in [5.74, 6) is 0. The van der Waals surface area contributed by atoms with E-state index in [1.165, 1.54) is 5.56 Å². The van der Waals surface area contributed by atoms with Gasteiger partial charge in [0.2, 0.25) is 0 Å². The molecule has 0 aliphatic carbocycles. The van der Waals surface area contributed by atoms with Crippen molar-refractivity contribution >= 4 is 24.8 Å². The number of benzene rings is 1. The van der Waals surface area contributed by atoms with Crippen LogP contribution in [0.15, 0.2) is 48.7 Å². The van der Waals surface area contributed by atoms with Crippen LogP contribution >= 0.6 is 24.8 Å². The summed E-state index contributed by atoms with van der Waals surface area (Å²) in [4.78, 5) is 4.32. The van der Waals surface area contributed by atoms with Gasteiger partial charge in [0.25, 0.3) is 0 Å². The Morgan fingerprint density at radius 1 is 1.09 bits per heavy atom. The van der Waals surface area contributed by atoms with Gasteiger partial charge in [-0.15, -0.1) is 24.8 Å². The Morgan fingerprint density at radius 3 is 2.50 bits per heavy atom. The minimum atomic E-state index is 0. The summed E-state index contributed by atoms with van der Waals surface area (Å²) >= 11 is 0. The molecular formula is C17H24Cl2N2O. The van der Waals surface area contributed by atoms with E-state index in [-0.39, 0.29) is 31.4 Å². The van der Waals surface area contributed by atoms with Crippen LogP contribution in [0.3, 0.4) is 0 Å². The van der Waals surface area contributed by atoms with Crippen LogP contribution in [-0.4, -0.2) is 16.1 Å². The van der Waals surface area contributed by atoms with Crippen molar-refractivity contribution in [2.75, 3.05) is 0 Å². The molecule has 0 fully saturated rings. The van der Waals surface area contributed by atoms with Gasteiger partial charge in [-0.3, -0.25) is 4.98 Å². The van der Waals surface area contributed by atoms with Crippen molar-refractivity contribution in [2.24, 2.45) is 0 Å². The van der Waals surface area contributed by atoms with E-state index in [9.17, 15) is 5.11 Å². The Balaban J connectivity index is 0.00000220. The summed E-state index contributed by atoms with van der Waals surface area (Å²) in [6.07, 6.45) is 3.93. The van der Waals surface area contributed by atoms with Crippen LogP contribution in [0.25, 0.3) is 0 Å². The molecular weight excluding hydrogens is 319 g/mol. The fraction of sp³-hybridized carbons (Fsp3) is 0.353. The molecule has 0 saturated carbocycles. The van der Waals surface area contributed by atoms with E-state index in [4.69, 9.17) is 0 Å². The summed E-state index contributed by atoms with van der Waals surface area (Å²) < 4.78 is 0. The lowest BCUT2D eigenvalue weighted by Gasteiger charge is -2.14. The molecule has 0 radical (unpaired) electrons. The lowest BCUT2D eigenvalue weighted by molar-refractivity contribution is 0.279. The van der Waals surface area contributed by atoms with Crippen molar-refractivity contribution in [1.29, 1.82) is 0 Å². The predicted molar refractivity (Wildman–Crippen MR) is 95.7 cm³/mol. The van der Waals surface area contributed by atoms with E-state index in [1.54, 1.807) is 6.20 Å². The molecule has 3 nitrogen and oxygen atoms in total. The van der Waals surface area contributed by atoms with Gasteiger partial charge >= 0.3 is 0 Å². The first-order valence-electron chi connectivity index (χ1n) is 7.10. The highest BCUT2D eigenvalue weighted by Crippen LogP contribution is 2.07. The fourth-order valence-corrected chi connectivity index (χ4v) is 2.18. The van der Waals surface area contributed by atoms with Crippen molar-refractivity contribution in [2.45, 2.75) is 39.0 Å². The molecule has 0 aliphatic rings. The van der Waals surface area contributed by atoms with Crippen molar-refractivity contribution in [3.8, 4) is 0 Å². The number of hydrogen-bond acceptors (Lipinski definition) is 3. The van der Waals surface area contributed by atoms with Gasteiger partial charge in [0.1, 0.15) is 0 Å². The van der Waals surface area contributed by atoms with E-state index in [0.29, 0.717) is 12.6 Å². The molecule has 0 saturated heterocycles. The van der Waals surface area contributed by atoms with Gasteiger partial charge in [0.15, 0.2) is 0 Å². The summed E-state index contributed by atoms with van der Waals surface area (Å²) in [5.41, 5.74) is 3.20. The first-order chi connectivity index (χ1) is 9.79. The normalized spacial score (nSPS) is 11.2. The molecule has 2 N–H and O–H groups in total. The monoisotopic (exact) mass is 342 g/mol. The molecule has 1 atom stereocenters. The number of aliphatic hydroxyl groups is 1. The van der Waals surface area contributed by atoms with Crippen LogP contribution in [0.2, 0.25) is 0 Å². The molecule has 1 aromatic carbocycles. The minimum Gasteiger partial charge on any atom is -0.392 e. The van der Waals surface area contributed by atoms with Crippen molar-refractivity contribution < 1.29 is 5.11 Å². The van der Waals surface area contributed by atoms with Crippen LogP contribution in [-0.2, 0) is 19.6 Å². The number of pyridine rings is 1. The second kappa shape index (κ2) is 11.4. The Hall–Kier alpha value is -1.13. The molecule has 2 aromatic rings. The van der Waals surface area contributed by atoms with Gasteiger partial charge in [0.05, 0.1) is 12.3 Å². The van der Waals surface area contributed by atoms with Gasteiger partial charge in [-0.05, 0) is 31.4 Å². The van der Waals surface area contributed by atoms with Crippen LogP contribution < -0.4 is 5.32 Å². The SMILES string of the molecule is CC(CCc1ccccc1)NCc1ncccc1CO.Cl.Cl. The summed E-state index contributed by atoms with van der Waals surface area (Å²) in [6.45, 7) is 2.93. The summed E-state index contributed by atoms with van der Waals surface area (Å²) in [5, 5.41) is 12.7. The Labute approximate surface area is 145 Å². The summed E-state index contributed by atoms with van der Waals surface area (Å²) in [7, 11) is 0. The maximum Gasteiger partial charge on any atom is 0.0700 e. The first kappa shape index (κ1) is 20.9. The molecule has 5 heteroatoms. The predicted octanol–water partition coefficient (Wildman–Crippen LogP) is 3.53. The van der Waals surface area contributed by atoms with Gasteiger partial charge in [-0.2, -0.15) is 0 Å². The standard InChI is InChI=1S/C17H22N2O.2ClH/c1-14(9-10-15-6-3-2-4-7-15)19-12-17-16(13-20)8-5-11-18-17;;/h2-8,11,14,19-20H,9-10,12-13H2,1H3;2*1H. The van der Waals surface area contributed by atoms with E-state index in [1.807, 2.05) is 18.2 Å². The van der Waals surface area contributed by atoms with Crippen molar-refractivity contribution in [3.63, 3.8) is 0 Å². The zero-order chi connectivity index (χ0) is 14.2. The van der Waals surface area contributed by atoms with Crippen LogP contribution in [0.1, 0.15) is 30.2 Å². The number of rotatable bonds is 7. The largest absolute Gasteiger partial charge is 0.392 e. The zero-order valence-electron chi connectivity index (χ0n) is 12.7. The number of nitrogens with one attached hydrogen (secondary N) is 1. The third-order valence-corrected chi connectivity index (χ3v) is 3.48. The smallest absolute Gasteiger partial charge is 0.0700 e. The van der Waals surface area contributed by atoms with Crippen molar-refractivity contribution in [1.82, 2.24) is 10.3 Å². The average Bonchev–Trinajstić information content (AvgIpc) is 2.52. The molecule has 0 amide bonds. The third-order valence-electron chi connectivity index (χ3n) is 3.48. The quantitative estimate of drug-likeness (QED) is 0.808. The van der Waals surface area contributed by atoms with Gasteiger partial charge in [-0.1, -0.05) is 36.4 Å². The number of halogens is 2. The second-order valence-corrected chi connectivity index (χ2v) is 5.07. The Bertz CT molecular complexity index is 523. The molecule has 0 spiro atoms. The van der Waals surface area contributed by atoms with Crippen LogP contribution in [0.5, 0.6) is 0 Å². The molecule has 22 heavy (non-hydrogen) atoms. The van der Waals surface area contributed by atoms with E-state index in [2.05, 4.69) is 41.5 Å². The number of hydrogen-bond donors (Lipinski definition) is 2. The van der Waals surface area contributed by atoms with Gasteiger partial charge in [-0.25, -0.2) is 0 Å². The minimum absolute atomic E-state index is 0. The Morgan fingerprint density at radius 2 is 1.82 bits per heavy atom. The van der Waals surface area contributed by atoms with Gasteiger partial charge < -0.3 is 10.4 Å². The third kappa shape index (κ3) is 6.75. The molecule has 1 heterocycles. The average molecular weight is 343 g/mol. The lowest BCUT2D eigenvalue weighted by Crippen LogP contribution is -2.27. The topological polar surface area (TPSA) is 45.2 Å². The molecule has 0 bridgehead atoms. The van der Waals surface area contributed by atoms with E-state index < -0.39 is 0 Å². The highest BCUT2D eigenvalue weighted by molar-refractivity contribution is 5.85. The number of aromatic nitrogens is 1. The summed E-state index contributed by atoms with van der Waals surface area (Å²) in [6, 6.07) is 14.7. The Kier molecular flexibility index (Phi) is 10.9. The molecule has 122 valence electrons. The highest BCUT2D eigenvalue weighted by Gasteiger charge is 2.05. The van der Waals surface area contributed by atoms with Gasteiger partial charge in [0, 0.05) is 24.3 Å². The molecule has 1 aromatic heterocycles.